The first-order valence-electron chi connectivity index (χ1n) is 8.66. The second kappa shape index (κ2) is 7.94. The normalized spacial score (nSPS) is 16.6. The molecule has 1 N–H and O–H groups in total. The molecule has 2 amide bonds. The molecule has 1 aliphatic heterocycles. The maximum absolute atomic E-state index is 12.9. The summed E-state index contributed by atoms with van der Waals surface area (Å²) in [6.07, 6.45) is -4.63. The van der Waals surface area contributed by atoms with E-state index in [4.69, 9.17) is 0 Å². The number of nitrogens with one attached hydrogen (secondary N) is 1. The van der Waals surface area contributed by atoms with Crippen LogP contribution in [0.4, 0.5) is 24.5 Å². The molecule has 0 radical (unpaired) electrons. The Bertz CT molecular complexity index is 941. The van der Waals surface area contributed by atoms with Gasteiger partial charge >= 0.3 is 12.1 Å². The molecule has 0 unspecified atom stereocenters. The highest BCUT2D eigenvalue weighted by Gasteiger charge is 2.37. The smallest absolute Gasteiger partial charge is 0.416 e. The highest BCUT2D eigenvalue weighted by atomic mass is 19.4. The lowest BCUT2D eigenvalue weighted by Gasteiger charge is -2.18. The molecule has 1 aliphatic rings. The molecule has 0 aliphatic carbocycles. The summed E-state index contributed by atoms with van der Waals surface area (Å²) >= 11 is 0. The van der Waals surface area contributed by atoms with Crippen LogP contribution in [0.25, 0.3) is 0 Å². The number of benzene rings is 2. The number of halogens is 3. The zero-order valence-electron chi connectivity index (χ0n) is 15.3. The molecule has 0 bridgehead atoms. The summed E-state index contributed by atoms with van der Waals surface area (Å²) in [5, 5.41) is 2.65. The van der Waals surface area contributed by atoms with Crippen LogP contribution in [0.1, 0.15) is 22.3 Å². The number of nitrogens with zero attached hydrogens (tertiary/aromatic N) is 1. The fraction of sp³-hybridized carbons (Fsp3) is 0.250. The molecule has 6 nitrogen and oxygen atoms in total. The first kappa shape index (κ1) is 20.4. The van der Waals surface area contributed by atoms with Crippen LogP contribution in [-0.2, 0) is 20.5 Å². The average molecular weight is 406 g/mol. The summed E-state index contributed by atoms with van der Waals surface area (Å²) in [7, 11) is 1.26. The summed E-state index contributed by atoms with van der Waals surface area (Å²) in [6, 6.07) is 10.4. The van der Waals surface area contributed by atoms with Crippen molar-refractivity contribution in [3.05, 3.63) is 59.7 Å². The van der Waals surface area contributed by atoms with Gasteiger partial charge in [0.25, 0.3) is 0 Å². The topological polar surface area (TPSA) is 75.7 Å². The standard InChI is InChI=1S/C20H17F3N2O4/c1-29-19(28)12-5-7-15(8-6-12)24-18(27)13-9-17(26)25(11-13)16-4-2-3-14(10-16)20(21,22)23/h2-8,10,13H,9,11H2,1H3,(H,24,27)/t13-/m0/s1. The maximum atomic E-state index is 12.9. The zero-order chi connectivity index (χ0) is 21.2. The summed E-state index contributed by atoms with van der Waals surface area (Å²) in [5.41, 5.74) is -0.0196. The molecule has 2 aromatic carbocycles. The molecule has 3 rings (SSSR count). The lowest BCUT2D eigenvalue weighted by Crippen LogP contribution is -2.28. The number of amides is 2. The second-order valence-corrected chi connectivity index (χ2v) is 6.51. The van der Waals surface area contributed by atoms with E-state index in [0.717, 1.165) is 12.1 Å². The SMILES string of the molecule is COC(=O)c1ccc(NC(=O)[C@H]2CC(=O)N(c3cccc(C(F)(F)F)c3)C2)cc1. The van der Waals surface area contributed by atoms with Crippen LogP contribution >= 0.6 is 0 Å². The van der Waals surface area contributed by atoms with Gasteiger partial charge in [-0.05, 0) is 42.5 Å². The van der Waals surface area contributed by atoms with Crippen molar-refractivity contribution in [3.8, 4) is 0 Å². The van der Waals surface area contributed by atoms with Crippen molar-refractivity contribution in [2.24, 2.45) is 5.92 Å². The van der Waals surface area contributed by atoms with Gasteiger partial charge in [0.05, 0.1) is 24.2 Å². The van der Waals surface area contributed by atoms with Crippen LogP contribution in [0.15, 0.2) is 48.5 Å². The van der Waals surface area contributed by atoms with Gasteiger partial charge in [-0.1, -0.05) is 6.07 Å². The monoisotopic (exact) mass is 406 g/mol. The molecule has 152 valence electrons. The Hall–Kier alpha value is -3.36. The van der Waals surface area contributed by atoms with Crippen molar-refractivity contribution in [1.82, 2.24) is 0 Å². The summed E-state index contributed by atoms with van der Waals surface area (Å²) in [6.45, 7) is -0.0216. The maximum Gasteiger partial charge on any atom is 0.416 e. The van der Waals surface area contributed by atoms with E-state index in [1.165, 1.54) is 48.4 Å². The number of carbonyl (C=O) groups excluding carboxylic acids is 3. The molecular weight excluding hydrogens is 389 g/mol. The van der Waals surface area contributed by atoms with Gasteiger partial charge in [0.2, 0.25) is 11.8 Å². The Labute approximate surface area is 164 Å². The van der Waals surface area contributed by atoms with E-state index in [1.54, 1.807) is 0 Å². The number of carbonyl (C=O) groups is 3. The largest absolute Gasteiger partial charge is 0.465 e. The van der Waals surface area contributed by atoms with E-state index in [2.05, 4.69) is 10.1 Å². The van der Waals surface area contributed by atoms with E-state index in [9.17, 15) is 27.6 Å². The Balaban J connectivity index is 1.68. The third kappa shape index (κ3) is 4.56. The number of ether oxygens (including phenoxy) is 1. The second-order valence-electron chi connectivity index (χ2n) is 6.51. The van der Waals surface area contributed by atoms with Crippen molar-refractivity contribution < 1.29 is 32.3 Å². The first-order chi connectivity index (χ1) is 13.7. The Morgan fingerprint density at radius 1 is 1.14 bits per heavy atom. The third-order valence-corrected chi connectivity index (χ3v) is 4.55. The molecule has 0 spiro atoms. The van der Waals surface area contributed by atoms with Gasteiger partial charge in [0, 0.05) is 24.3 Å². The third-order valence-electron chi connectivity index (χ3n) is 4.55. The molecule has 1 saturated heterocycles. The van der Waals surface area contributed by atoms with Crippen molar-refractivity contribution in [3.63, 3.8) is 0 Å². The van der Waals surface area contributed by atoms with Crippen molar-refractivity contribution in [2.75, 3.05) is 23.9 Å². The predicted octanol–water partition coefficient (Wildman–Crippen LogP) is 3.48. The average Bonchev–Trinajstić information content (AvgIpc) is 3.09. The highest BCUT2D eigenvalue weighted by molar-refractivity contribution is 6.03. The van der Waals surface area contributed by atoms with E-state index < -0.39 is 35.4 Å². The van der Waals surface area contributed by atoms with Crippen LogP contribution in [0.2, 0.25) is 0 Å². The van der Waals surface area contributed by atoms with Crippen molar-refractivity contribution >= 4 is 29.2 Å². The number of methoxy groups -OCH3 is 1. The zero-order valence-corrected chi connectivity index (χ0v) is 15.3. The molecule has 0 saturated carbocycles. The highest BCUT2D eigenvalue weighted by Crippen LogP contribution is 2.33. The molecule has 29 heavy (non-hydrogen) atoms. The molecular formula is C20H17F3N2O4. The quantitative estimate of drug-likeness (QED) is 0.789. The molecule has 9 heteroatoms. The molecule has 1 heterocycles. The van der Waals surface area contributed by atoms with Crippen molar-refractivity contribution in [2.45, 2.75) is 12.6 Å². The van der Waals surface area contributed by atoms with Crippen LogP contribution < -0.4 is 10.2 Å². The van der Waals surface area contributed by atoms with E-state index in [0.29, 0.717) is 11.3 Å². The van der Waals surface area contributed by atoms with Gasteiger partial charge in [0.1, 0.15) is 0 Å². The minimum Gasteiger partial charge on any atom is -0.465 e. The van der Waals surface area contributed by atoms with Crippen molar-refractivity contribution in [1.29, 1.82) is 0 Å². The summed E-state index contributed by atoms with van der Waals surface area (Å²) in [5.74, 6) is -2.08. The Morgan fingerprint density at radius 3 is 2.45 bits per heavy atom. The fourth-order valence-electron chi connectivity index (χ4n) is 3.03. The number of alkyl halides is 3. The van der Waals surface area contributed by atoms with Gasteiger partial charge in [-0.3, -0.25) is 9.59 Å². The van der Waals surface area contributed by atoms with Gasteiger partial charge in [0.15, 0.2) is 0 Å². The van der Waals surface area contributed by atoms with Crippen LogP contribution in [0.3, 0.4) is 0 Å². The van der Waals surface area contributed by atoms with Crippen LogP contribution in [0.5, 0.6) is 0 Å². The molecule has 2 aromatic rings. The van der Waals surface area contributed by atoms with Gasteiger partial charge in [-0.2, -0.15) is 13.2 Å². The minimum atomic E-state index is -4.52. The first-order valence-corrected chi connectivity index (χ1v) is 8.66. The summed E-state index contributed by atoms with van der Waals surface area (Å²) < 4.78 is 43.3. The number of hydrogen-bond donors (Lipinski definition) is 1. The number of hydrogen-bond acceptors (Lipinski definition) is 4. The molecule has 0 aromatic heterocycles. The molecule has 1 fully saturated rings. The van der Waals surface area contributed by atoms with Gasteiger partial charge in [-0.15, -0.1) is 0 Å². The van der Waals surface area contributed by atoms with Crippen LogP contribution in [-0.4, -0.2) is 31.4 Å². The summed E-state index contributed by atoms with van der Waals surface area (Å²) in [4.78, 5) is 37.4. The van der Waals surface area contributed by atoms with Gasteiger partial charge in [-0.25, -0.2) is 4.79 Å². The van der Waals surface area contributed by atoms with E-state index >= 15 is 0 Å². The predicted molar refractivity (Wildman–Crippen MR) is 98.3 cm³/mol. The lowest BCUT2D eigenvalue weighted by atomic mass is 10.1. The lowest BCUT2D eigenvalue weighted by molar-refractivity contribution is -0.137. The van der Waals surface area contributed by atoms with Crippen LogP contribution in [0, 0.1) is 5.92 Å². The number of anilines is 2. The number of rotatable bonds is 4. The minimum absolute atomic E-state index is 0.0216. The van der Waals surface area contributed by atoms with Gasteiger partial charge < -0.3 is 15.0 Å². The van der Waals surface area contributed by atoms with E-state index in [-0.39, 0.29) is 18.7 Å². The fourth-order valence-corrected chi connectivity index (χ4v) is 3.03. The molecule has 1 atom stereocenters. The Kier molecular flexibility index (Phi) is 5.58. The van der Waals surface area contributed by atoms with E-state index in [1.807, 2.05) is 0 Å². The Morgan fingerprint density at radius 2 is 1.83 bits per heavy atom. The number of esters is 1.